The van der Waals surface area contributed by atoms with Crippen LogP contribution < -0.4 is 5.73 Å². The largest absolute Gasteiger partial charge is 0.388 e. The van der Waals surface area contributed by atoms with E-state index in [2.05, 4.69) is 20.8 Å². The minimum absolute atomic E-state index is 0.0117. The molecule has 0 aliphatic rings. The SMILES string of the molecule is CC(C)(C)[C@H](N)C[C@@H](O)c1ccccc1Cl. The minimum atomic E-state index is -0.595. The number of aliphatic hydroxyl groups excluding tert-OH is 1. The van der Waals surface area contributed by atoms with Gasteiger partial charge in [0.05, 0.1) is 6.10 Å². The average Bonchev–Trinajstić information content (AvgIpc) is 2.16. The summed E-state index contributed by atoms with van der Waals surface area (Å²) in [5.41, 5.74) is 6.78. The van der Waals surface area contributed by atoms with Crippen LogP contribution in [-0.4, -0.2) is 11.1 Å². The van der Waals surface area contributed by atoms with Crippen molar-refractivity contribution in [2.45, 2.75) is 39.3 Å². The van der Waals surface area contributed by atoms with Crippen molar-refractivity contribution in [1.29, 1.82) is 0 Å². The predicted molar refractivity (Wildman–Crippen MR) is 68.5 cm³/mol. The molecule has 0 amide bonds. The molecule has 0 saturated carbocycles. The fourth-order valence-corrected chi connectivity index (χ4v) is 1.73. The van der Waals surface area contributed by atoms with E-state index in [1.54, 1.807) is 6.07 Å². The Kier molecular flexibility index (Phi) is 4.36. The Balaban J connectivity index is 2.73. The quantitative estimate of drug-likeness (QED) is 0.854. The molecule has 0 fully saturated rings. The molecule has 3 heteroatoms. The maximum Gasteiger partial charge on any atom is 0.0819 e. The van der Waals surface area contributed by atoms with Crippen LogP contribution in [-0.2, 0) is 0 Å². The van der Waals surface area contributed by atoms with Gasteiger partial charge in [0.15, 0.2) is 0 Å². The molecule has 0 heterocycles. The van der Waals surface area contributed by atoms with Gasteiger partial charge in [-0.15, -0.1) is 0 Å². The van der Waals surface area contributed by atoms with Gasteiger partial charge < -0.3 is 10.8 Å². The highest BCUT2D eigenvalue weighted by atomic mass is 35.5. The molecule has 3 N–H and O–H groups in total. The molecule has 0 bridgehead atoms. The van der Waals surface area contributed by atoms with E-state index in [9.17, 15) is 5.11 Å². The monoisotopic (exact) mass is 241 g/mol. The van der Waals surface area contributed by atoms with Crippen molar-refractivity contribution in [2.24, 2.45) is 11.1 Å². The zero-order valence-corrected chi connectivity index (χ0v) is 10.8. The summed E-state index contributed by atoms with van der Waals surface area (Å²) >= 11 is 6.02. The van der Waals surface area contributed by atoms with Crippen LogP contribution in [0, 0.1) is 5.41 Å². The van der Waals surface area contributed by atoms with E-state index in [-0.39, 0.29) is 11.5 Å². The Hall–Kier alpha value is -0.570. The topological polar surface area (TPSA) is 46.2 Å². The van der Waals surface area contributed by atoms with Gasteiger partial charge in [0, 0.05) is 11.1 Å². The van der Waals surface area contributed by atoms with Crippen LogP contribution in [0.25, 0.3) is 0 Å². The molecular weight excluding hydrogens is 222 g/mol. The molecule has 0 radical (unpaired) electrons. The molecule has 0 aliphatic heterocycles. The molecule has 1 aromatic carbocycles. The number of benzene rings is 1. The summed E-state index contributed by atoms with van der Waals surface area (Å²) in [6, 6.07) is 7.28. The van der Waals surface area contributed by atoms with Gasteiger partial charge >= 0.3 is 0 Å². The van der Waals surface area contributed by atoms with Gasteiger partial charge in [0.2, 0.25) is 0 Å². The fourth-order valence-electron chi connectivity index (χ4n) is 1.47. The summed E-state index contributed by atoms with van der Waals surface area (Å²) in [5.74, 6) is 0. The highest BCUT2D eigenvalue weighted by molar-refractivity contribution is 6.31. The maximum atomic E-state index is 10.1. The summed E-state index contributed by atoms with van der Waals surface area (Å²) in [4.78, 5) is 0. The second-order valence-corrected chi connectivity index (χ2v) is 5.65. The molecule has 0 unspecified atom stereocenters. The normalized spacial score (nSPS) is 15.9. The molecular formula is C13H20ClNO. The van der Waals surface area contributed by atoms with E-state index in [0.29, 0.717) is 11.4 Å². The molecule has 2 nitrogen and oxygen atoms in total. The first kappa shape index (κ1) is 13.5. The third kappa shape index (κ3) is 3.48. The second kappa shape index (κ2) is 5.17. The van der Waals surface area contributed by atoms with E-state index < -0.39 is 6.10 Å². The van der Waals surface area contributed by atoms with E-state index in [4.69, 9.17) is 17.3 Å². The first-order valence-corrected chi connectivity index (χ1v) is 5.88. The van der Waals surface area contributed by atoms with Gasteiger partial charge in [-0.2, -0.15) is 0 Å². The molecule has 0 spiro atoms. The van der Waals surface area contributed by atoms with Crippen LogP contribution in [0.5, 0.6) is 0 Å². The third-order valence-corrected chi connectivity index (χ3v) is 3.20. The van der Waals surface area contributed by atoms with Gasteiger partial charge in [-0.3, -0.25) is 0 Å². The van der Waals surface area contributed by atoms with Gasteiger partial charge in [-0.05, 0) is 23.5 Å². The molecule has 90 valence electrons. The second-order valence-electron chi connectivity index (χ2n) is 5.25. The fraction of sp³-hybridized carbons (Fsp3) is 0.538. The molecule has 16 heavy (non-hydrogen) atoms. The Morgan fingerprint density at radius 3 is 2.38 bits per heavy atom. The standard InChI is InChI=1S/C13H20ClNO/c1-13(2,3)12(15)8-11(16)9-6-4-5-7-10(9)14/h4-7,11-12,16H,8,15H2,1-3H3/t11-,12-/m1/s1. The summed E-state index contributed by atoms with van der Waals surface area (Å²) in [6.07, 6.45) is -0.0734. The van der Waals surface area contributed by atoms with Crippen molar-refractivity contribution in [2.75, 3.05) is 0 Å². The van der Waals surface area contributed by atoms with Crippen LogP contribution in [0.4, 0.5) is 0 Å². The lowest BCUT2D eigenvalue weighted by molar-refractivity contribution is 0.133. The van der Waals surface area contributed by atoms with Crippen molar-refractivity contribution >= 4 is 11.6 Å². The molecule has 0 aromatic heterocycles. The number of halogens is 1. The first-order valence-electron chi connectivity index (χ1n) is 5.50. The highest BCUT2D eigenvalue weighted by Gasteiger charge is 2.24. The maximum absolute atomic E-state index is 10.1. The summed E-state index contributed by atoms with van der Waals surface area (Å²) in [6.45, 7) is 6.20. The molecule has 0 saturated heterocycles. The molecule has 1 rings (SSSR count). The average molecular weight is 242 g/mol. The summed E-state index contributed by atoms with van der Waals surface area (Å²) in [5, 5.41) is 10.7. The Bertz CT molecular complexity index is 346. The van der Waals surface area contributed by atoms with Crippen LogP contribution in [0.3, 0.4) is 0 Å². The van der Waals surface area contributed by atoms with Gasteiger partial charge in [-0.25, -0.2) is 0 Å². The van der Waals surface area contributed by atoms with E-state index >= 15 is 0 Å². The highest BCUT2D eigenvalue weighted by Crippen LogP contribution is 2.29. The van der Waals surface area contributed by atoms with E-state index in [1.807, 2.05) is 18.2 Å². The van der Waals surface area contributed by atoms with Gasteiger partial charge in [-0.1, -0.05) is 50.6 Å². The number of hydrogen-bond donors (Lipinski definition) is 2. The Morgan fingerprint density at radius 1 is 1.31 bits per heavy atom. The summed E-state index contributed by atoms with van der Waals surface area (Å²) < 4.78 is 0. The third-order valence-electron chi connectivity index (χ3n) is 2.85. The van der Waals surface area contributed by atoms with E-state index in [1.165, 1.54) is 0 Å². The van der Waals surface area contributed by atoms with E-state index in [0.717, 1.165) is 5.56 Å². The summed E-state index contributed by atoms with van der Waals surface area (Å²) in [7, 11) is 0. The van der Waals surface area contributed by atoms with Crippen LogP contribution in [0.1, 0.15) is 38.9 Å². The van der Waals surface area contributed by atoms with Crippen molar-refractivity contribution in [1.82, 2.24) is 0 Å². The Labute approximate surface area is 102 Å². The van der Waals surface area contributed by atoms with Crippen LogP contribution in [0.2, 0.25) is 5.02 Å². The predicted octanol–water partition coefficient (Wildman–Crippen LogP) is 3.14. The molecule has 0 aliphatic carbocycles. The molecule has 2 atom stereocenters. The molecule has 1 aromatic rings. The van der Waals surface area contributed by atoms with Crippen molar-refractivity contribution in [3.8, 4) is 0 Å². The zero-order valence-electron chi connectivity index (χ0n) is 10.1. The van der Waals surface area contributed by atoms with Crippen molar-refractivity contribution < 1.29 is 5.11 Å². The lowest BCUT2D eigenvalue weighted by Gasteiger charge is -2.29. The minimum Gasteiger partial charge on any atom is -0.388 e. The Morgan fingerprint density at radius 2 is 1.88 bits per heavy atom. The smallest absolute Gasteiger partial charge is 0.0819 e. The zero-order chi connectivity index (χ0) is 12.3. The van der Waals surface area contributed by atoms with Crippen molar-refractivity contribution in [3.05, 3.63) is 34.9 Å². The number of rotatable bonds is 3. The number of hydrogen-bond acceptors (Lipinski definition) is 2. The lowest BCUT2D eigenvalue weighted by Crippen LogP contribution is -2.36. The first-order chi connectivity index (χ1) is 7.32. The van der Waals surface area contributed by atoms with Gasteiger partial charge in [0.1, 0.15) is 0 Å². The lowest BCUT2D eigenvalue weighted by atomic mass is 9.83. The van der Waals surface area contributed by atoms with Crippen LogP contribution >= 0.6 is 11.6 Å². The van der Waals surface area contributed by atoms with Crippen molar-refractivity contribution in [3.63, 3.8) is 0 Å². The number of aliphatic hydroxyl groups is 1. The van der Waals surface area contributed by atoms with Crippen LogP contribution in [0.15, 0.2) is 24.3 Å². The van der Waals surface area contributed by atoms with Gasteiger partial charge in [0.25, 0.3) is 0 Å². The number of nitrogens with two attached hydrogens (primary N) is 1.